The molecule has 0 radical (unpaired) electrons. The maximum absolute atomic E-state index is 5.09. The van der Waals surface area contributed by atoms with Gasteiger partial charge in [-0.1, -0.05) is 0 Å². The molecule has 0 N–H and O–H groups in total. The summed E-state index contributed by atoms with van der Waals surface area (Å²) < 4.78 is 5.09. The fraction of sp³-hybridized carbons (Fsp3) is 0.286. The molecule has 0 saturated heterocycles. The molecular formula is C7H11N3OSi. The Balaban J connectivity index is 2.47. The molecule has 1 aromatic heterocycles. The van der Waals surface area contributed by atoms with Crippen molar-refractivity contribution < 1.29 is 4.53 Å². The minimum atomic E-state index is -1.06. The second-order valence-electron chi connectivity index (χ2n) is 2.52. The Kier molecular flexibility index (Phi) is 3.40. The van der Waals surface area contributed by atoms with Crippen LogP contribution < -0.4 is 0 Å². The van der Waals surface area contributed by atoms with Crippen LogP contribution in [0.2, 0.25) is 13.1 Å². The fourth-order valence-corrected chi connectivity index (χ4v) is 0.888. The van der Waals surface area contributed by atoms with Crippen LogP contribution in [0.4, 0.5) is 0 Å². The summed E-state index contributed by atoms with van der Waals surface area (Å²) in [7, 11) is -1.06. The quantitative estimate of drug-likeness (QED) is 0.394. The van der Waals surface area contributed by atoms with Crippen molar-refractivity contribution in [3.05, 3.63) is 24.3 Å². The van der Waals surface area contributed by atoms with E-state index in [0.717, 1.165) is 0 Å². The van der Waals surface area contributed by atoms with E-state index >= 15 is 0 Å². The lowest BCUT2D eigenvalue weighted by molar-refractivity contribution is 0.354. The monoisotopic (exact) mass is 181 g/mol. The van der Waals surface area contributed by atoms with Crippen molar-refractivity contribution in [2.75, 3.05) is 0 Å². The Labute approximate surface area is 73.0 Å². The second-order valence-corrected chi connectivity index (χ2v) is 4.83. The molecule has 0 spiro atoms. The summed E-state index contributed by atoms with van der Waals surface area (Å²) in [5.41, 5.74) is 0.715. The summed E-state index contributed by atoms with van der Waals surface area (Å²) in [6, 6.07) is 0. The van der Waals surface area contributed by atoms with Crippen LogP contribution in [-0.4, -0.2) is 25.2 Å². The molecule has 5 heteroatoms. The van der Waals surface area contributed by atoms with Gasteiger partial charge in [0.2, 0.25) is 0 Å². The van der Waals surface area contributed by atoms with Crippen LogP contribution in [-0.2, 0) is 4.53 Å². The first kappa shape index (κ1) is 8.86. The summed E-state index contributed by atoms with van der Waals surface area (Å²) in [6.45, 7) is 4.10. The highest BCUT2D eigenvalue weighted by molar-refractivity contribution is 6.48. The molecule has 0 fully saturated rings. The van der Waals surface area contributed by atoms with E-state index in [1.54, 1.807) is 24.8 Å². The number of hydrogen-bond donors (Lipinski definition) is 0. The third-order valence-electron chi connectivity index (χ3n) is 1.04. The van der Waals surface area contributed by atoms with Gasteiger partial charge in [-0.25, -0.2) is 0 Å². The van der Waals surface area contributed by atoms with E-state index < -0.39 is 9.04 Å². The second kappa shape index (κ2) is 4.61. The Hall–Kier alpha value is -1.23. The maximum atomic E-state index is 5.09. The molecule has 12 heavy (non-hydrogen) atoms. The summed E-state index contributed by atoms with van der Waals surface area (Å²) in [4.78, 5) is 7.88. The molecule has 4 nitrogen and oxygen atoms in total. The number of nitrogens with zero attached hydrogens (tertiary/aromatic N) is 3. The normalized spacial score (nSPS) is 10.9. The summed E-state index contributed by atoms with van der Waals surface area (Å²) in [6.07, 6.45) is 6.44. The van der Waals surface area contributed by atoms with E-state index in [9.17, 15) is 0 Å². The van der Waals surface area contributed by atoms with Gasteiger partial charge in [0.1, 0.15) is 5.69 Å². The van der Waals surface area contributed by atoms with Crippen molar-refractivity contribution in [1.82, 2.24) is 9.97 Å². The van der Waals surface area contributed by atoms with Crippen molar-refractivity contribution in [2.45, 2.75) is 13.1 Å². The van der Waals surface area contributed by atoms with Crippen LogP contribution in [0.5, 0.6) is 0 Å². The molecule has 0 aromatic carbocycles. The topological polar surface area (TPSA) is 47.4 Å². The Bertz CT molecular complexity index is 250. The summed E-state index contributed by atoms with van der Waals surface area (Å²) in [5, 5.41) is 3.78. The number of oxime groups is 1. The highest BCUT2D eigenvalue weighted by Gasteiger charge is 1.92. The molecule has 0 unspecified atom stereocenters. The molecule has 0 amide bonds. The third kappa shape index (κ3) is 3.24. The first-order valence-corrected chi connectivity index (χ1v) is 6.52. The largest absolute Gasteiger partial charge is 0.459 e. The van der Waals surface area contributed by atoms with Crippen molar-refractivity contribution >= 4 is 15.3 Å². The SMILES string of the molecule is C[SiH](C)ON=Cc1cnccn1. The highest BCUT2D eigenvalue weighted by Crippen LogP contribution is 1.87. The predicted octanol–water partition coefficient (Wildman–Crippen LogP) is 0.810. The van der Waals surface area contributed by atoms with Crippen molar-refractivity contribution in [1.29, 1.82) is 0 Å². The minimum Gasteiger partial charge on any atom is -0.459 e. The van der Waals surface area contributed by atoms with Crippen LogP contribution in [0.15, 0.2) is 23.7 Å². The van der Waals surface area contributed by atoms with Crippen LogP contribution in [0.25, 0.3) is 0 Å². The van der Waals surface area contributed by atoms with Crippen molar-refractivity contribution in [3.63, 3.8) is 0 Å². The third-order valence-corrected chi connectivity index (χ3v) is 1.58. The molecule has 1 rings (SSSR count). The van der Waals surface area contributed by atoms with Gasteiger partial charge in [-0.2, -0.15) is 0 Å². The predicted molar refractivity (Wildman–Crippen MR) is 49.6 cm³/mol. The Morgan fingerprint density at radius 2 is 2.33 bits per heavy atom. The van der Waals surface area contributed by atoms with Gasteiger partial charge in [-0.15, -0.1) is 5.16 Å². The van der Waals surface area contributed by atoms with E-state index in [-0.39, 0.29) is 0 Å². The first-order chi connectivity index (χ1) is 5.79. The van der Waals surface area contributed by atoms with E-state index in [4.69, 9.17) is 4.53 Å². The standard InChI is InChI=1S/C7H11N3OSi/c1-12(2)11-10-6-7-5-8-3-4-9-7/h3-6,12H,1-2H3. The molecular weight excluding hydrogens is 170 g/mol. The van der Waals surface area contributed by atoms with Crippen molar-refractivity contribution in [2.24, 2.45) is 5.16 Å². The minimum absolute atomic E-state index is 0.715. The van der Waals surface area contributed by atoms with Gasteiger partial charge in [-0.3, -0.25) is 9.97 Å². The van der Waals surface area contributed by atoms with E-state index in [0.29, 0.717) is 5.69 Å². The lowest BCUT2D eigenvalue weighted by Crippen LogP contribution is -2.02. The summed E-state index contributed by atoms with van der Waals surface area (Å²) >= 11 is 0. The highest BCUT2D eigenvalue weighted by atomic mass is 28.3. The Morgan fingerprint density at radius 3 is 2.92 bits per heavy atom. The molecule has 1 aromatic rings. The molecule has 0 bridgehead atoms. The van der Waals surface area contributed by atoms with E-state index in [1.807, 2.05) is 13.1 Å². The van der Waals surface area contributed by atoms with E-state index in [1.165, 1.54) is 0 Å². The fourth-order valence-electron chi connectivity index (χ4n) is 0.583. The molecule has 0 atom stereocenters. The zero-order valence-corrected chi connectivity index (χ0v) is 8.29. The number of aromatic nitrogens is 2. The van der Waals surface area contributed by atoms with Crippen molar-refractivity contribution in [3.8, 4) is 0 Å². The number of hydrogen-bond acceptors (Lipinski definition) is 4. The molecule has 1 heterocycles. The first-order valence-electron chi connectivity index (χ1n) is 3.74. The van der Waals surface area contributed by atoms with Gasteiger partial charge in [0.05, 0.1) is 12.4 Å². The van der Waals surface area contributed by atoms with Gasteiger partial charge in [0.25, 0.3) is 9.04 Å². The lowest BCUT2D eigenvalue weighted by atomic mass is 10.5. The zero-order chi connectivity index (χ0) is 8.81. The summed E-state index contributed by atoms with van der Waals surface area (Å²) in [5.74, 6) is 0. The maximum Gasteiger partial charge on any atom is 0.266 e. The molecule has 0 aliphatic rings. The molecule has 64 valence electrons. The van der Waals surface area contributed by atoms with Crippen LogP contribution in [0, 0.1) is 0 Å². The van der Waals surface area contributed by atoms with Crippen LogP contribution >= 0.6 is 0 Å². The average molecular weight is 181 g/mol. The van der Waals surface area contributed by atoms with Gasteiger partial charge < -0.3 is 4.53 Å². The lowest BCUT2D eigenvalue weighted by Gasteiger charge is -1.98. The average Bonchev–Trinajstić information content (AvgIpc) is 2.05. The van der Waals surface area contributed by atoms with E-state index in [2.05, 4.69) is 15.1 Å². The molecule has 0 saturated carbocycles. The molecule has 0 aliphatic carbocycles. The van der Waals surface area contributed by atoms with Gasteiger partial charge in [0.15, 0.2) is 0 Å². The van der Waals surface area contributed by atoms with Crippen LogP contribution in [0.3, 0.4) is 0 Å². The number of rotatable bonds is 3. The molecule has 0 aliphatic heterocycles. The van der Waals surface area contributed by atoms with Gasteiger partial charge in [0, 0.05) is 12.4 Å². The van der Waals surface area contributed by atoms with Gasteiger partial charge in [-0.05, 0) is 13.1 Å². The zero-order valence-electron chi connectivity index (χ0n) is 7.14. The van der Waals surface area contributed by atoms with Gasteiger partial charge >= 0.3 is 0 Å². The van der Waals surface area contributed by atoms with Crippen LogP contribution in [0.1, 0.15) is 5.69 Å². The Morgan fingerprint density at radius 1 is 1.50 bits per heavy atom. The smallest absolute Gasteiger partial charge is 0.266 e.